The number of aromatic amines is 1. The van der Waals surface area contributed by atoms with Gasteiger partial charge in [0.05, 0.1) is 5.52 Å². The number of rotatable bonds is 3. The maximum absolute atomic E-state index is 4.24. The molecule has 0 unspecified atom stereocenters. The van der Waals surface area contributed by atoms with Crippen molar-refractivity contribution in [3.05, 3.63) is 23.8 Å². The zero-order valence-corrected chi connectivity index (χ0v) is 8.59. The summed E-state index contributed by atoms with van der Waals surface area (Å²) in [6.07, 6.45) is 1.11. The highest BCUT2D eigenvalue weighted by atomic mass is 15.2. The lowest BCUT2D eigenvalue weighted by atomic mass is 10.2. The van der Waals surface area contributed by atoms with Crippen LogP contribution in [-0.2, 0) is 0 Å². The monoisotopic (exact) mass is 189 g/mol. The highest BCUT2D eigenvalue weighted by molar-refractivity contribution is 5.90. The van der Waals surface area contributed by atoms with Gasteiger partial charge < -0.3 is 5.32 Å². The van der Waals surface area contributed by atoms with Gasteiger partial charge in [0.25, 0.3) is 0 Å². The summed E-state index contributed by atoms with van der Waals surface area (Å²) in [6.45, 7) is 5.21. The summed E-state index contributed by atoms with van der Waals surface area (Å²) >= 11 is 0. The predicted octanol–water partition coefficient (Wildman–Crippen LogP) is 2.69. The van der Waals surface area contributed by atoms with Crippen molar-refractivity contribution in [2.24, 2.45) is 0 Å². The molecule has 3 nitrogen and oxygen atoms in total. The number of benzene rings is 1. The minimum atomic E-state index is 0.963. The standard InChI is InChI=1S/C11H15N3/c1-3-6-12-11-9-7-8(2)4-5-10(9)13-14-11/h4-5,7H,3,6H2,1-2H3,(H2,12,13,14). The van der Waals surface area contributed by atoms with E-state index in [0.717, 1.165) is 24.3 Å². The van der Waals surface area contributed by atoms with Gasteiger partial charge in [-0.1, -0.05) is 18.6 Å². The van der Waals surface area contributed by atoms with Crippen molar-refractivity contribution in [1.82, 2.24) is 10.2 Å². The van der Waals surface area contributed by atoms with E-state index in [1.807, 2.05) is 0 Å². The summed E-state index contributed by atoms with van der Waals surface area (Å²) in [6, 6.07) is 6.30. The van der Waals surface area contributed by atoms with E-state index in [2.05, 4.69) is 47.6 Å². The summed E-state index contributed by atoms with van der Waals surface area (Å²) in [5.74, 6) is 0.963. The van der Waals surface area contributed by atoms with E-state index < -0.39 is 0 Å². The molecule has 0 fully saturated rings. The summed E-state index contributed by atoms with van der Waals surface area (Å²) in [7, 11) is 0. The number of hydrogen-bond donors (Lipinski definition) is 2. The van der Waals surface area contributed by atoms with E-state index in [-0.39, 0.29) is 0 Å². The number of anilines is 1. The lowest BCUT2D eigenvalue weighted by Gasteiger charge is -2.00. The number of hydrogen-bond acceptors (Lipinski definition) is 2. The maximum Gasteiger partial charge on any atom is 0.155 e. The fourth-order valence-corrected chi connectivity index (χ4v) is 1.51. The third-order valence-electron chi connectivity index (χ3n) is 2.26. The van der Waals surface area contributed by atoms with E-state index in [9.17, 15) is 0 Å². The number of H-pyrrole nitrogens is 1. The Hall–Kier alpha value is -1.51. The quantitative estimate of drug-likeness (QED) is 0.779. The molecule has 0 aliphatic carbocycles. The summed E-state index contributed by atoms with van der Waals surface area (Å²) in [5.41, 5.74) is 2.35. The second-order valence-corrected chi connectivity index (χ2v) is 3.55. The van der Waals surface area contributed by atoms with Gasteiger partial charge in [-0.15, -0.1) is 0 Å². The van der Waals surface area contributed by atoms with Crippen LogP contribution in [0.1, 0.15) is 18.9 Å². The molecule has 0 spiro atoms. The van der Waals surface area contributed by atoms with Crippen molar-refractivity contribution < 1.29 is 0 Å². The van der Waals surface area contributed by atoms with Crippen LogP contribution in [0.4, 0.5) is 5.82 Å². The average Bonchev–Trinajstić information content (AvgIpc) is 2.57. The first-order chi connectivity index (χ1) is 6.81. The molecule has 3 heteroatoms. The zero-order chi connectivity index (χ0) is 9.97. The Kier molecular flexibility index (Phi) is 2.39. The average molecular weight is 189 g/mol. The van der Waals surface area contributed by atoms with E-state index in [1.165, 1.54) is 10.9 Å². The molecule has 74 valence electrons. The topological polar surface area (TPSA) is 40.7 Å². The fourth-order valence-electron chi connectivity index (χ4n) is 1.51. The van der Waals surface area contributed by atoms with Crippen LogP contribution in [0.15, 0.2) is 18.2 Å². The van der Waals surface area contributed by atoms with E-state index in [4.69, 9.17) is 0 Å². The zero-order valence-electron chi connectivity index (χ0n) is 8.59. The lowest BCUT2D eigenvalue weighted by Crippen LogP contribution is -1.99. The van der Waals surface area contributed by atoms with E-state index in [0.29, 0.717) is 0 Å². The first kappa shape index (κ1) is 9.06. The molecule has 1 aromatic heterocycles. The second kappa shape index (κ2) is 3.70. The minimum absolute atomic E-state index is 0.963. The van der Waals surface area contributed by atoms with Crippen LogP contribution in [0.5, 0.6) is 0 Å². The Balaban J connectivity index is 2.40. The Morgan fingerprint density at radius 1 is 1.43 bits per heavy atom. The molecule has 2 rings (SSSR count). The van der Waals surface area contributed by atoms with Gasteiger partial charge >= 0.3 is 0 Å². The van der Waals surface area contributed by atoms with Crippen LogP contribution in [0.2, 0.25) is 0 Å². The molecule has 0 saturated carbocycles. The Morgan fingerprint density at radius 3 is 3.07 bits per heavy atom. The van der Waals surface area contributed by atoms with Gasteiger partial charge in [-0.25, -0.2) is 0 Å². The van der Waals surface area contributed by atoms with Crippen molar-refractivity contribution >= 4 is 16.7 Å². The normalized spacial score (nSPS) is 10.7. The smallest absolute Gasteiger partial charge is 0.155 e. The Morgan fingerprint density at radius 2 is 2.29 bits per heavy atom. The lowest BCUT2D eigenvalue weighted by molar-refractivity contribution is 0.963. The van der Waals surface area contributed by atoms with Gasteiger partial charge in [-0.05, 0) is 25.5 Å². The minimum Gasteiger partial charge on any atom is -0.368 e. The van der Waals surface area contributed by atoms with E-state index in [1.54, 1.807) is 0 Å². The number of aromatic nitrogens is 2. The predicted molar refractivity (Wildman–Crippen MR) is 59.6 cm³/mol. The van der Waals surface area contributed by atoms with Crippen molar-refractivity contribution in [3.63, 3.8) is 0 Å². The van der Waals surface area contributed by atoms with Crippen molar-refractivity contribution in [3.8, 4) is 0 Å². The molecule has 14 heavy (non-hydrogen) atoms. The molecule has 1 aromatic carbocycles. The molecule has 2 aromatic rings. The van der Waals surface area contributed by atoms with Crippen LogP contribution in [0.3, 0.4) is 0 Å². The van der Waals surface area contributed by atoms with Crippen LogP contribution in [0.25, 0.3) is 10.9 Å². The SMILES string of the molecule is CCCNc1n[nH]c2ccc(C)cc12. The molecule has 2 N–H and O–H groups in total. The van der Waals surface area contributed by atoms with Gasteiger partial charge in [0.1, 0.15) is 0 Å². The fraction of sp³-hybridized carbons (Fsp3) is 0.364. The van der Waals surface area contributed by atoms with Crippen molar-refractivity contribution in [2.45, 2.75) is 20.3 Å². The van der Waals surface area contributed by atoms with Gasteiger partial charge in [-0.2, -0.15) is 5.10 Å². The van der Waals surface area contributed by atoms with Crippen LogP contribution < -0.4 is 5.32 Å². The molecule has 0 aliphatic rings. The molecular formula is C11H15N3. The molecule has 0 bridgehead atoms. The van der Waals surface area contributed by atoms with E-state index >= 15 is 0 Å². The van der Waals surface area contributed by atoms with Gasteiger partial charge in [0.15, 0.2) is 5.82 Å². The number of nitrogens with zero attached hydrogens (tertiary/aromatic N) is 1. The maximum atomic E-state index is 4.24. The molecule has 0 aliphatic heterocycles. The summed E-state index contributed by atoms with van der Waals surface area (Å²) in [4.78, 5) is 0. The van der Waals surface area contributed by atoms with Gasteiger partial charge in [0, 0.05) is 11.9 Å². The molecular weight excluding hydrogens is 174 g/mol. The highest BCUT2D eigenvalue weighted by Crippen LogP contribution is 2.21. The Labute approximate surface area is 83.5 Å². The molecule has 0 amide bonds. The van der Waals surface area contributed by atoms with Crippen molar-refractivity contribution in [2.75, 3.05) is 11.9 Å². The largest absolute Gasteiger partial charge is 0.368 e. The van der Waals surface area contributed by atoms with Crippen molar-refractivity contribution in [1.29, 1.82) is 0 Å². The van der Waals surface area contributed by atoms with Crippen LogP contribution >= 0.6 is 0 Å². The summed E-state index contributed by atoms with van der Waals surface area (Å²) < 4.78 is 0. The molecule has 0 atom stereocenters. The molecule has 0 saturated heterocycles. The molecule has 0 radical (unpaired) electrons. The van der Waals surface area contributed by atoms with Crippen LogP contribution in [-0.4, -0.2) is 16.7 Å². The van der Waals surface area contributed by atoms with Gasteiger partial charge in [-0.3, -0.25) is 5.10 Å². The number of fused-ring (bicyclic) bond motifs is 1. The number of nitrogens with one attached hydrogen (secondary N) is 2. The first-order valence-electron chi connectivity index (χ1n) is 5.00. The second-order valence-electron chi connectivity index (χ2n) is 3.55. The van der Waals surface area contributed by atoms with Gasteiger partial charge in [0.2, 0.25) is 0 Å². The third kappa shape index (κ3) is 1.58. The Bertz CT molecular complexity index is 431. The highest BCUT2D eigenvalue weighted by Gasteiger charge is 2.03. The van der Waals surface area contributed by atoms with Crippen LogP contribution in [0, 0.1) is 6.92 Å². The molecule has 1 heterocycles. The third-order valence-corrected chi connectivity index (χ3v) is 2.26. The number of aryl methyl sites for hydroxylation is 1. The first-order valence-corrected chi connectivity index (χ1v) is 5.00. The summed E-state index contributed by atoms with van der Waals surface area (Å²) in [5, 5.41) is 11.7.